The van der Waals surface area contributed by atoms with Crippen LogP contribution in [-0.4, -0.2) is 33.4 Å². The first-order chi connectivity index (χ1) is 9.16. The summed E-state index contributed by atoms with van der Waals surface area (Å²) in [4.78, 5) is 30.2. The zero-order chi connectivity index (χ0) is 13.4. The van der Waals surface area contributed by atoms with Crippen molar-refractivity contribution in [3.8, 4) is 0 Å². The predicted molar refractivity (Wildman–Crippen MR) is 72.0 cm³/mol. The van der Waals surface area contributed by atoms with Gasteiger partial charge in [0.25, 0.3) is 5.56 Å². The van der Waals surface area contributed by atoms with E-state index in [0.717, 1.165) is 11.3 Å². The summed E-state index contributed by atoms with van der Waals surface area (Å²) >= 11 is 0. The second kappa shape index (κ2) is 4.50. The predicted octanol–water partition coefficient (Wildman–Crippen LogP) is 0.801. The molecule has 0 atom stereocenters. The number of carbonyl (C=O) groups excluding carboxylic acids is 1. The van der Waals surface area contributed by atoms with Gasteiger partial charge in [0.15, 0.2) is 0 Å². The lowest BCUT2D eigenvalue weighted by molar-refractivity contribution is -0.128. The normalized spacial score (nSPS) is 15.1. The Morgan fingerprint density at radius 3 is 2.79 bits per heavy atom. The number of aromatic nitrogens is 2. The third-order valence-electron chi connectivity index (χ3n) is 3.58. The highest BCUT2D eigenvalue weighted by atomic mass is 16.2. The van der Waals surface area contributed by atoms with Gasteiger partial charge < -0.3 is 4.90 Å². The van der Waals surface area contributed by atoms with Gasteiger partial charge in [0.1, 0.15) is 5.82 Å². The van der Waals surface area contributed by atoms with Gasteiger partial charge in [0.2, 0.25) is 5.91 Å². The molecule has 2 heterocycles. The third-order valence-corrected chi connectivity index (χ3v) is 3.58. The molecule has 0 radical (unpaired) electrons. The number of carbonyl (C=O) groups is 1. The van der Waals surface area contributed by atoms with Crippen molar-refractivity contribution in [2.24, 2.45) is 0 Å². The Bertz CT molecular complexity index is 705. The van der Waals surface area contributed by atoms with Crippen LogP contribution in [0.2, 0.25) is 0 Å². The average Bonchev–Trinajstić information content (AvgIpc) is 2.62. The molecule has 19 heavy (non-hydrogen) atoms. The summed E-state index contributed by atoms with van der Waals surface area (Å²) in [6, 6.07) is 7.37. The number of hydrogen-bond acceptors (Lipinski definition) is 3. The fraction of sp³-hybridized carbons (Fsp3) is 0.357. The van der Waals surface area contributed by atoms with Crippen molar-refractivity contribution >= 4 is 16.8 Å². The summed E-state index contributed by atoms with van der Waals surface area (Å²) in [6.07, 6.45) is 0.625. The molecule has 1 aliphatic rings. The number of fused-ring (bicyclic) bond motifs is 2. The molecule has 3 rings (SSSR count). The minimum Gasteiger partial charge on any atom is -0.341 e. The summed E-state index contributed by atoms with van der Waals surface area (Å²) in [5.41, 5.74) is 0.723. The minimum atomic E-state index is -0.00833. The number of rotatable bonds is 0. The first-order valence-corrected chi connectivity index (χ1v) is 6.41. The fourth-order valence-electron chi connectivity index (χ4n) is 2.52. The van der Waals surface area contributed by atoms with Crippen LogP contribution in [0.4, 0.5) is 0 Å². The summed E-state index contributed by atoms with van der Waals surface area (Å²) in [5, 5.41) is 0.641. The number of para-hydroxylation sites is 1. The molecule has 5 heteroatoms. The van der Waals surface area contributed by atoms with Gasteiger partial charge >= 0.3 is 0 Å². The van der Waals surface area contributed by atoms with E-state index < -0.39 is 0 Å². The van der Waals surface area contributed by atoms with Gasteiger partial charge in [-0.2, -0.15) is 0 Å². The topological polar surface area (TPSA) is 55.2 Å². The van der Waals surface area contributed by atoms with Crippen molar-refractivity contribution < 1.29 is 4.79 Å². The lowest BCUT2D eigenvalue weighted by Gasteiger charge is -2.16. The molecular weight excluding hydrogens is 242 g/mol. The maximum Gasteiger partial charge on any atom is 0.261 e. The molecule has 0 unspecified atom stereocenters. The van der Waals surface area contributed by atoms with E-state index in [1.54, 1.807) is 22.5 Å². The standard InChI is InChI=1S/C14H15N3O2/c1-10(18)16-7-6-13-15-12-5-3-2-4-11(12)14(19)17(13)9-8-16/h2-5H,6-9H2,1H3. The van der Waals surface area contributed by atoms with E-state index >= 15 is 0 Å². The Balaban J connectivity index is 2.12. The summed E-state index contributed by atoms with van der Waals surface area (Å²) in [7, 11) is 0. The van der Waals surface area contributed by atoms with E-state index in [2.05, 4.69) is 4.98 Å². The highest BCUT2D eigenvalue weighted by Crippen LogP contribution is 2.11. The van der Waals surface area contributed by atoms with Crippen LogP contribution in [-0.2, 0) is 17.8 Å². The second-order valence-electron chi connectivity index (χ2n) is 4.76. The molecule has 1 amide bonds. The summed E-state index contributed by atoms with van der Waals surface area (Å²) in [6.45, 7) is 3.27. The lowest BCUT2D eigenvalue weighted by atomic mass is 10.2. The van der Waals surface area contributed by atoms with Crippen LogP contribution in [0.1, 0.15) is 12.7 Å². The summed E-state index contributed by atoms with van der Waals surface area (Å²) in [5.74, 6) is 0.817. The Labute approximate surface area is 110 Å². The number of hydrogen-bond donors (Lipinski definition) is 0. The SMILES string of the molecule is CC(=O)N1CCc2nc3ccccc3c(=O)n2CC1. The molecule has 1 aliphatic heterocycles. The van der Waals surface area contributed by atoms with Crippen molar-refractivity contribution in [3.63, 3.8) is 0 Å². The molecule has 0 saturated carbocycles. The van der Waals surface area contributed by atoms with Gasteiger partial charge in [-0.3, -0.25) is 14.2 Å². The Morgan fingerprint density at radius 2 is 2.00 bits per heavy atom. The van der Waals surface area contributed by atoms with Gasteiger partial charge in [0, 0.05) is 33.0 Å². The van der Waals surface area contributed by atoms with Crippen LogP contribution in [0.15, 0.2) is 29.1 Å². The molecular formula is C14H15N3O2. The zero-order valence-corrected chi connectivity index (χ0v) is 10.8. The Hall–Kier alpha value is -2.17. The molecule has 0 bridgehead atoms. The maximum atomic E-state index is 12.4. The molecule has 0 spiro atoms. The van der Waals surface area contributed by atoms with Gasteiger partial charge in [-0.25, -0.2) is 4.98 Å². The monoisotopic (exact) mass is 257 g/mol. The molecule has 5 nitrogen and oxygen atoms in total. The third kappa shape index (κ3) is 2.01. The first-order valence-electron chi connectivity index (χ1n) is 6.41. The van der Waals surface area contributed by atoms with Crippen molar-refractivity contribution in [2.45, 2.75) is 19.9 Å². The zero-order valence-electron chi connectivity index (χ0n) is 10.8. The van der Waals surface area contributed by atoms with Crippen molar-refractivity contribution in [1.29, 1.82) is 0 Å². The van der Waals surface area contributed by atoms with Crippen molar-refractivity contribution in [2.75, 3.05) is 13.1 Å². The van der Waals surface area contributed by atoms with Gasteiger partial charge in [-0.15, -0.1) is 0 Å². The first kappa shape index (κ1) is 11.9. The van der Waals surface area contributed by atoms with E-state index in [9.17, 15) is 9.59 Å². The van der Waals surface area contributed by atoms with Crippen LogP contribution in [0.5, 0.6) is 0 Å². The van der Waals surface area contributed by atoms with Crippen LogP contribution in [0.3, 0.4) is 0 Å². The molecule has 2 aromatic rings. The van der Waals surface area contributed by atoms with Crippen molar-refractivity contribution in [1.82, 2.24) is 14.5 Å². The molecule has 0 fully saturated rings. The minimum absolute atomic E-state index is 0.00833. The van der Waals surface area contributed by atoms with E-state index in [0.29, 0.717) is 31.4 Å². The fourth-order valence-corrected chi connectivity index (χ4v) is 2.52. The number of amides is 1. The van der Waals surface area contributed by atoms with E-state index in [1.165, 1.54) is 0 Å². The quantitative estimate of drug-likeness (QED) is 0.701. The largest absolute Gasteiger partial charge is 0.341 e. The molecule has 98 valence electrons. The van der Waals surface area contributed by atoms with E-state index in [1.807, 2.05) is 18.2 Å². The Morgan fingerprint density at radius 1 is 1.21 bits per heavy atom. The summed E-state index contributed by atoms with van der Waals surface area (Å²) < 4.78 is 1.70. The second-order valence-corrected chi connectivity index (χ2v) is 4.76. The van der Waals surface area contributed by atoms with Crippen LogP contribution in [0, 0.1) is 0 Å². The van der Waals surface area contributed by atoms with Crippen molar-refractivity contribution in [3.05, 3.63) is 40.4 Å². The molecule has 1 aromatic heterocycles. The lowest BCUT2D eigenvalue weighted by Crippen LogP contribution is -2.32. The maximum absolute atomic E-state index is 12.4. The number of benzene rings is 1. The molecule has 0 aliphatic carbocycles. The van der Waals surface area contributed by atoms with E-state index in [4.69, 9.17) is 0 Å². The van der Waals surface area contributed by atoms with Gasteiger partial charge in [-0.05, 0) is 12.1 Å². The molecule has 0 saturated heterocycles. The highest BCUT2D eigenvalue weighted by molar-refractivity contribution is 5.77. The van der Waals surface area contributed by atoms with Gasteiger partial charge in [0.05, 0.1) is 10.9 Å². The highest BCUT2D eigenvalue weighted by Gasteiger charge is 2.18. The average molecular weight is 257 g/mol. The van der Waals surface area contributed by atoms with Crippen LogP contribution in [0.25, 0.3) is 10.9 Å². The Kier molecular flexibility index (Phi) is 2.81. The van der Waals surface area contributed by atoms with Crippen LogP contribution < -0.4 is 5.56 Å². The number of nitrogens with zero attached hydrogens (tertiary/aromatic N) is 3. The van der Waals surface area contributed by atoms with Crippen LogP contribution >= 0.6 is 0 Å². The van der Waals surface area contributed by atoms with Gasteiger partial charge in [-0.1, -0.05) is 12.1 Å². The molecule has 1 aromatic carbocycles. The van der Waals surface area contributed by atoms with E-state index in [-0.39, 0.29) is 11.5 Å². The smallest absolute Gasteiger partial charge is 0.261 e. The molecule has 0 N–H and O–H groups in total.